The Morgan fingerprint density at radius 1 is 0.838 bits per heavy atom. The van der Waals surface area contributed by atoms with E-state index in [-0.39, 0.29) is 12.2 Å². The summed E-state index contributed by atoms with van der Waals surface area (Å²) in [5.74, 6) is 0. The van der Waals surface area contributed by atoms with Crippen molar-refractivity contribution in [1.82, 2.24) is 0 Å². The average Bonchev–Trinajstić information content (AvgIpc) is 3.54. The van der Waals surface area contributed by atoms with Gasteiger partial charge in [0.1, 0.15) is 33.3 Å². The second kappa shape index (κ2) is 14.1. The Kier molecular flexibility index (Phi) is 12.1. The lowest BCUT2D eigenvalue weighted by atomic mass is 10.1. The molecule has 4 fully saturated rings. The number of ether oxygens (including phenoxy) is 4. The molecule has 0 N–H and O–H groups in total. The molecule has 0 amide bonds. The summed E-state index contributed by atoms with van der Waals surface area (Å²) in [6.45, 7) is 10.3. The van der Waals surface area contributed by atoms with E-state index in [4.69, 9.17) is 33.3 Å². The van der Waals surface area contributed by atoms with Crippen LogP contribution >= 0.6 is 7.91 Å². The topological polar surface area (TPSA) is 134 Å². The Morgan fingerprint density at radius 2 is 1.19 bits per heavy atom. The third-order valence-corrected chi connectivity index (χ3v) is 8.01. The Labute approximate surface area is 219 Å². The highest BCUT2D eigenvalue weighted by molar-refractivity contribution is 7.42. The standard InChI is InChI=1S/2C12H22NO3.FH2O3P/c2*1-3-6-13(2)7-4-5-10(13)8-11-9-15-12(14)16-11;1-5(2,3)4/h2*10-11H,3-9H2,1-2H3;(H2,2,3,4)/q2*+1;/p-2. The van der Waals surface area contributed by atoms with E-state index in [0.717, 1.165) is 21.8 Å². The molecule has 0 aromatic rings. The highest BCUT2D eigenvalue weighted by atomic mass is 31.2. The van der Waals surface area contributed by atoms with Gasteiger partial charge in [-0.2, -0.15) is 0 Å². The highest BCUT2D eigenvalue weighted by Gasteiger charge is 2.42. The van der Waals surface area contributed by atoms with Crippen molar-refractivity contribution in [2.45, 2.75) is 89.5 Å². The third-order valence-electron chi connectivity index (χ3n) is 8.01. The summed E-state index contributed by atoms with van der Waals surface area (Å²) in [6.07, 6.45) is 8.45. The van der Waals surface area contributed by atoms with E-state index in [1.807, 2.05) is 0 Å². The largest absolute Gasteiger partial charge is 0.786 e. The van der Waals surface area contributed by atoms with Gasteiger partial charge in [0.15, 0.2) is 0 Å². The fraction of sp³-hybridized carbons (Fsp3) is 0.917. The number of likely N-dealkylation sites (tertiary alicyclic amines) is 2. The van der Waals surface area contributed by atoms with Crippen LogP contribution in [0.4, 0.5) is 13.8 Å². The average molecular weight is 555 g/mol. The van der Waals surface area contributed by atoms with Crippen molar-refractivity contribution in [2.24, 2.45) is 0 Å². The van der Waals surface area contributed by atoms with Crippen LogP contribution in [0.2, 0.25) is 0 Å². The lowest BCUT2D eigenvalue weighted by molar-refractivity contribution is -0.921. The van der Waals surface area contributed by atoms with Gasteiger partial charge in [0, 0.05) is 38.5 Å². The van der Waals surface area contributed by atoms with Gasteiger partial charge in [-0.1, -0.05) is 13.8 Å². The number of hydrogen-bond acceptors (Lipinski definition) is 9. The van der Waals surface area contributed by atoms with Crippen LogP contribution in [0.25, 0.3) is 0 Å². The lowest BCUT2D eigenvalue weighted by Gasteiger charge is -2.36. The maximum atomic E-state index is 10.9. The molecule has 4 heterocycles. The molecule has 4 rings (SSSR count). The fourth-order valence-electron chi connectivity index (χ4n) is 6.29. The van der Waals surface area contributed by atoms with Crippen molar-refractivity contribution in [2.75, 3.05) is 53.5 Å². The summed E-state index contributed by atoms with van der Waals surface area (Å²) in [5.41, 5.74) is 0. The molecule has 37 heavy (non-hydrogen) atoms. The first-order valence-corrected chi connectivity index (χ1v) is 14.8. The number of carbonyl (C=O) groups excluding carboxylic acids is 2. The molecule has 13 heteroatoms. The molecule has 4 aliphatic rings. The van der Waals surface area contributed by atoms with E-state index in [2.05, 4.69) is 27.9 Å². The van der Waals surface area contributed by atoms with Crippen LogP contribution in [0.3, 0.4) is 0 Å². The minimum absolute atomic E-state index is 0.00935. The van der Waals surface area contributed by atoms with Crippen LogP contribution in [0.1, 0.15) is 65.2 Å². The van der Waals surface area contributed by atoms with Crippen LogP contribution in [-0.2, 0) is 23.5 Å². The molecule has 216 valence electrons. The summed E-state index contributed by atoms with van der Waals surface area (Å²) < 4.78 is 40.8. The first-order chi connectivity index (χ1) is 17.3. The van der Waals surface area contributed by atoms with Crippen molar-refractivity contribution in [3.8, 4) is 0 Å². The number of hydrogen-bond donors (Lipinski definition) is 0. The molecule has 0 aromatic heterocycles. The van der Waals surface area contributed by atoms with E-state index in [1.165, 1.54) is 64.7 Å². The van der Waals surface area contributed by atoms with Crippen LogP contribution in [0.15, 0.2) is 0 Å². The minimum Gasteiger partial charge on any atom is -0.786 e. The molecule has 0 radical (unpaired) electrons. The van der Waals surface area contributed by atoms with Crippen LogP contribution in [0.5, 0.6) is 0 Å². The quantitative estimate of drug-likeness (QED) is 0.252. The van der Waals surface area contributed by atoms with Gasteiger partial charge in [0.2, 0.25) is 0 Å². The molecule has 0 spiro atoms. The molecule has 0 bridgehead atoms. The summed E-state index contributed by atoms with van der Waals surface area (Å²) in [7, 11) is -0.975. The summed E-state index contributed by atoms with van der Waals surface area (Å²) in [6, 6.07) is 1.28. The van der Waals surface area contributed by atoms with E-state index in [1.54, 1.807) is 0 Å². The number of carbonyl (C=O) groups is 2. The Morgan fingerprint density at radius 3 is 1.46 bits per heavy atom. The predicted octanol–water partition coefficient (Wildman–Crippen LogP) is 2.65. The molecule has 11 nitrogen and oxygen atoms in total. The minimum atomic E-state index is -5.64. The van der Waals surface area contributed by atoms with E-state index in [0.29, 0.717) is 25.3 Å². The maximum Gasteiger partial charge on any atom is 0.508 e. The second-order valence-corrected chi connectivity index (χ2v) is 11.8. The number of quaternary nitrogens is 2. The van der Waals surface area contributed by atoms with Gasteiger partial charge in [-0.3, -0.25) is 0 Å². The van der Waals surface area contributed by atoms with Crippen molar-refractivity contribution < 1.29 is 56.1 Å². The zero-order chi connectivity index (χ0) is 27.7. The molecule has 4 saturated heterocycles. The van der Waals surface area contributed by atoms with Gasteiger partial charge in [-0.15, -0.1) is 0 Å². The lowest BCUT2D eigenvalue weighted by Crippen LogP contribution is -2.49. The van der Waals surface area contributed by atoms with Gasteiger partial charge in [0.05, 0.1) is 52.4 Å². The zero-order valence-electron chi connectivity index (χ0n) is 22.6. The normalized spacial score (nSPS) is 34.9. The smallest absolute Gasteiger partial charge is 0.508 e. The van der Waals surface area contributed by atoms with Crippen LogP contribution in [-0.4, -0.2) is 99.1 Å². The van der Waals surface area contributed by atoms with E-state index in [9.17, 15) is 13.8 Å². The molecule has 6 unspecified atom stereocenters. The Hall–Kier alpha value is -1.46. The second-order valence-electron chi connectivity index (χ2n) is 10.9. The molecule has 0 aliphatic carbocycles. The molecule has 0 aromatic carbocycles. The SMILES string of the molecule is CCC[N+]1(C)CCCC1CC1COC(=O)O1.CCC[N+]1(C)CCCC1CC1COC(=O)O1.O=P([O-])([O-])F. The molecular weight excluding hydrogens is 510 g/mol. The van der Waals surface area contributed by atoms with Gasteiger partial charge in [-0.25, -0.2) is 13.8 Å². The maximum absolute atomic E-state index is 10.9. The number of nitrogens with zero attached hydrogens (tertiary/aromatic N) is 2. The molecule has 6 atom stereocenters. The van der Waals surface area contributed by atoms with Crippen LogP contribution < -0.4 is 9.79 Å². The van der Waals surface area contributed by atoms with E-state index < -0.39 is 20.2 Å². The first kappa shape index (κ1) is 31.8. The summed E-state index contributed by atoms with van der Waals surface area (Å²) >= 11 is 0. The third kappa shape index (κ3) is 10.7. The van der Waals surface area contributed by atoms with Crippen molar-refractivity contribution >= 4 is 20.2 Å². The number of cyclic esters (lactones) is 4. The van der Waals surface area contributed by atoms with Gasteiger partial charge < -0.3 is 42.3 Å². The van der Waals surface area contributed by atoms with Crippen LogP contribution in [0, 0.1) is 0 Å². The molecule has 0 saturated carbocycles. The van der Waals surface area contributed by atoms with E-state index >= 15 is 0 Å². The van der Waals surface area contributed by atoms with Gasteiger partial charge in [0.25, 0.3) is 0 Å². The summed E-state index contributed by atoms with van der Waals surface area (Å²) in [5, 5.41) is 0. The Bertz CT molecular complexity index is 738. The molecule has 4 aliphatic heterocycles. The van der Waals surface area contributed by atoms with Gasteiger partial charge >= 0.3 is 12.3 Å². The predicted molar refractivity (Wildman–Crippen MR) is 129 cm³/mol. The van der Waals surface area contributed by atoms with Crippen molar-refractivity contribution in [3.05, 3.63) is 0 Å². The van der Waals surface area contributed by atoms with Crippen molar-refractivity contribution in [1.29, 1.82) is 0 Å². The molecular formula is C24H44FN2O9P. The van der Waals surface area contributed by atoms with Crippen molar-refractivity contribution in [3.63, 3.8) is 0 Å². The first-order valence-electron chi connectivity index (χ1n) is 13.3. The highest BCUT2D eigenvalue weighted by Crippen LogP contribution is 2.31. The van der Waals surface area contributed by atoms with Gasteiger partial charge in [-0.05, 0) is 12.8 Å². The number of rotatable bonds is 8. The monoisotopic (exact) mass is 554 g/mol. The fourth-order valence-corrected chi connectivity index (χ4v) is 6.29. The summed E-state index contributed by atoms with van der Waals surface area (Å²) in [4.78, 5) is 38.6. The number of halogens is 1. The zero-order valence-corrected chi connectivity index (χ0v) is 23.5. The Balaban J connectivity index is 0.000000221.